The first kappa shape index (κ1) is 19.1. The minimum atomic E-state index is -0.668. The van der Waals surface area contributed by atoms with Gasteiger partial charge in [0.15, 0.2) is 0 Å². The lowest BCUT2D eigenvalue weighted by Gasteiger charge is -2.44. The van der Waals surface area contributed by atoms with Gasteiger partial charge >= 0.3 is 0 Å². The Morgan fingerprint density at radius 3 is 2.75 bits per heavy atom. The van der Waals surface area contributed by atoms with Crippen molar-refractivity contribution in [2.24, 2.45) is 0 Å². The minimum absolute atomic E-state index is 0.00368. The highest BCUT2D eigenvalue weighted by atomic mass is 16.5. The van der Waals surface area contributed by atoms with Crippen LogP contribution in [0.25, 0.3) is 0 Å². The Morgan fingerprint density at radius 1 is 1.25 bits per heavy atom. The molecule has 0 saturated carbocycles. The smallest absolute Gasteiger partial charge is 0.222 e. The van der Waals surface area contributed by atoms with E-state index in [1.54, 1.807) is 4.90 Å². The van der Waals surface area contributed by atoms with Gasteiger partial charge in [-0.05, 0) is 19.3 Å². The van der Waals surface area contributed by atoms with E-state index in [1.807, 2.05) is 13.8 Å². The van der Waals surface area contributed by atoms with Crippen molar-refractivity contribution >= 4 is 11.8 Å². The summed E-state index contributed by atoms with van der Waals surface area (Å²) in [5.41, 5.74) is 0. The van der Waals surface area contributed by atoms with Gasteiger partial charge in [0.05, 0.1) is 37.9 Å². The first-order chi connectivity index (χ1) is 11.5. The van der Waals surface area contributed by atoms with Crippen LogP contribution in [0.5, 0.6) is 0 Å². The summed E-state index contributed by atoms with van der Waals surface area (Å²) in [6.07, 6.45) is 2.08. The topological polar surface area (TPSA) is 88.1 Å². The molecule has 0 aromatic carbocycles. The predicted octanol–water partition coefficient (Wildman–Crippen LogP) is 0.449. The summed E-state index contributed by atoms with van der Waals surface area (Å²) >= 11 is 0. The summed E-state index contributed by atoms with van der Waals surface area (Å²) < 4.78 is 11.6. The number of carbonyl (C=O) groups is 2. The van der Waals surface area contributed by atoms with Gasteiger partial charge < -0.3 is 24.8 Å². The number of aliphatic hydroxyl groups excluding tert-OH is 1. The third kappa shape index (κ3) is 5.16. The Balaban J connectivity index is 1.98. The summed E-state index contributed by atoms with van der Waals surface area (Å²) in [7, 11) is 0. The molecule has 2 aliphatic heterocycles. The summed E-state index contributed by atoms with van der Waals surface area (Å²) in [6, 6.07) is -0.0950. The number of fused-ring (bicyclic) bond motifs is 1. The van der Waals surface area contributed by atoms with Gasteiger partial charge in [-0.15, -0.1) is 0 Å². The Morgan fingerprint density at radius 2 is 2.04 bits per heavy atom. The van der Waals surface area contributed by atoms with E-state index in [-0.39, 0.29) is 43.2 Å². The van der Waals surface area contributed by atoms with Crippen molar-refractivity contribution in [2.75, 3.05) is 26.3 Å². The molecule has 0 aliphatic carbocycles. The molecule has 0 radical (unpaired) electrons. The molecule has 4 atom stereocenters. The van der Waals surface area contributed by atoms with Gasteiger partial charge in [0.25, 0.3) is 0 Å². The fraction of sp³-hybridized carbons (Fsp3) is 0.882. The van der Waals surface area contributed by atoms with Crippen LogP contribution in [0.3, 0.4) is 0 Å². The van der Waals surface area contributed by atoms with Crippen LogP contribution < -0.4 is 5.32 Å². The minimum Gasteiger partial charge on any atom is -0.389 e. The number of amides is 2. The molecule has 0 aromatic heterocycles. The largest absolute Gasteiger partial charge is 0.389 e. The van der Waals surface area contributed by atoms with E-state index in [9.17, 15) is 14.7 Å². The van der Waals surface area contributed by atoms with Gasteiger partial charge in [-0.1, -0.05) is 13.8 Å². The molecule has 2 N–H and O–H groups in total. The number of hydrogen-bond acceptors (Lipinski definition) is 5. The highest BCUT2D eigenvalue weighted by Gasteiger charge is 2.39. The van der Waals surface area contributed by atoms with Crippen LogP contribution in [0.15, 0.2) is 0 Å². The number of aliphatic hydroxyl groups is 1. The average molecular weight is 342 g/mol. The van der Waals surface area contributed by atoms with Gasteiger partial charge in [0.1, 0.15) is 6.10 Å². The fourth-order valence-electron chi connectivity index (χ4n) is 3.37. The van der Waals surface area contributed by atoms with Crippen LogP contribution in [0.2, 0.25) is 0 Å². The number of nitrogens with zero attached hydrogens (tertiary/aromatic N) is 1. The van der Waals surface area contributed by atoms with Crippen LogP contribution in [-0.2, 0) is 19.1 Å². The maximum absolute atomic E-state index is 12.3. The molecule has 7 nitrogen and oxygen atoms in total. The Kier molecular flexibility index (Phi) is 7.45. The van der Waals surface area contributed by atoms with Crippen LogP contribution in [0.4, 0.5) is 0 Å². The van der Waals surface area contributed by atoms with Crippen LogP contribution in [0.1, 0.15) is 46.0 Å². The Hall–Kier alpha value is -1.18. The van der Waals surface area contributed by atoms with E-state index in [0.29, 0.717) is 26.0 Å². The zero-order valence-corrected chi connectivity index (χ0v) is 14.7. The van der Waals surface area contributed by atoms with Crippen molar-refractivity contribution < 1.29 is 24.2 Å². The van der Waals surface area contributed by atoms with E-state index >= 15 is 0 Å². The third-order valence-corrected chi connectivity index (χ3v) is 4.59. The maximum Gasteiger partial charge on any atom is 0.222 e. The summed E-state index contributed by atoms with van der Waals surface area (Å²) in [5.74, 6) is 0.0256. The maximum atomic E-state index is 12.3. The van der Waals surface area contributed by atoms with Gasteiger partial charge in [-0.25, -0.2) is 0 Å². The van der Waals surface area contributed by atoms with Crippen molar-refractivity contribution in [2.45, 2.75) is 70.3 Å². The second-order valence-electron chi connectivity index (χ2n) is 6.59. The molecule has 138 valence electrons. The number of hydrogen-bond donors (Lipinski definition) is 2. The molecule has 2 heterocycles. The molecular weight excluding hydrogens is 312 g/mol. The Bertz CT molecular complexity index is 431. The second-order valence-corrected chi connectivity index (χ2v) is 6.59. The number of β-amino-alcohol motifs (C(OH)–C–C–N with tert-alkyl or cyclic N) is 1. The third-order valence-electron chi connectivity index (χ3n) is 4.59. The molecule has 0 bridgehead atoms. The van der Waals surface area contributed by atoms with Gasteiger partial charge in [-0.3, -0.25) is 9.59 Å². The van der Waals surface area contributed by atoms with Crippen LogP contribution in [0, 0.1) is 0 Å². The summed E-state index contributed by atoms with van der Waals surface area (Å²) in [6.45, 7) is 5.32. The lowest BCUT2D eigenvalue weighted by Crippen LogP contribution is -2.57. The van der Waals surface area contributed by atoms with Crippen LogP contribution in [-0.4, -0.2) is 72.5 Å². The first-order valence-corrected chi connectivity index (χ1v) is 9.02. The summed E-state index contributed by atoms with van der Waals surface area (Å²) in [4.78, 5) is 25.9. The van der Waals surface area contributed by atoms with Crippen molar-refractivity contribution in [3.63, 3.8) is 0 Å². The highest BCUT2D eigenvalue weighted by molar-refractivity contribution is 5.77. The molecule has 2 rings (SSSR count). The van der Waals surface area contributed by atoms with E-state index in [4.69, 9.17) is 9.47 Å². The SMILES string of the molecule is CCCNC(=O)C[C@@H]1CC[C@@H]2[C@H](COC[C@@H](O)CN2C(=O)CC)O1. The van der Waals surface area contributed by atoms with E-state index < -0.39 is 6.10 Å². The highest BCUT2D eigenvalue weighted by Crippen LogP contribution is 2.28. The molecular formula is C17H30N2O5. The van der Waals surface area contributed by atoms with E-state index in [2.05, 4.69) is 5.32 Å². The Labute approximate surface area is 143 Å². The molecule has 2 aliphatic rings. The number of rotatable bonds is 5. The zero-order valence-electron chi connectivity index (χ0n) is 14.7. The van der Waals surface area contributed by atoms with Gasteiger partial charge in [-0.2, -0.15) is 0 Å². The number of ether oxygens (including phenoxy) is 2. The molecule has 24 heavy (non-hydrogen) atoms. The molecule has 2 amide bonds. The normalized spacial score (nSPS) is 30.9. The van der Waals surface area contributed by atoms with Crippen molar-refractivity contribution in [1.29, 1.82) is 0 Å². The summed E-state index contributed by atoms with van der Waals surface area (Å²) in [5, 5.41) is 12.8. The standard InChI is InChI=1S/C17H30N2O5/c1-3-7-18-16(21)8-13-5-6-14-15(24-13)11-23-10-12(20)9-19(14)17(22)4-2/h12-15,20H,3-11H2,1-2H3,(H,18,21)/t12-,13-,14+,15-/m0/s1. The quantitative estimate of drug-likeness (QED) is 0.757. The monoisotopic (exact) mass is 342 g/mol. The van der Waals surface area contributed by atoms with Crippen molar-refractivity contribution in [1.82, 2.24) is 10.2 Å². The van der Waals surface area contributed by atoms with Gasteiger partial charge in [0.2, 0.25) is 11.8 Å². The predicted molar refractivity (Wildman–Crippen MR) is 88.4 cm³/mol. The van der Waals surface area contributed by atoms with E-state index in [0.717, 1.165) is 19.3 Å². The van der Waals surface area contributed by atoms with Gasteiger partial charge in [0, 0.05) is 19.5 Å². The lowest BCUT2D eigenvalue weighted by molar-refractivity contribution is -0.169. The van der Waals surface area contributed by atoms with Crippen molar-refractivity contribution in [3.05, 3.63) is 0 Å². The zero-order chi connectivity index (χ0) is 17.5. The van der Waals surface area contributed by atoms with E-state index in [1.165, 1.54) is 0 Å². The molecule has 7 heteroatoms. The van der Waals surface area contributed by atoms with Crippen LogP contribution >= 0.6 is 0 Å². The molecule has 2 fully saturated rings. The average Bonchev–Trinajstić information content (AvgIpc) is 2.56. The molecule has 0 spiro atoms. The molecule has 0 unspecified atom stereocenters. The number of carbonyl (C=O) groups excluding carboxylic acids is 2. The molecule has 0 aromatic rings. The second kappa shape index (κ2) is 9.34. The lowest BCUT2D eigenvalue weighted by atomic mass is 9.94. The van der Waals surface area contributed by atoms with Crippen molar-refractivity contribution in [3.8, 4) is 0 Å². The fourth-order valence-corrected chi connectivity index (χ4v) is 3.37. The number of nitrogens with one attached hydrogen (secondary N) is 1. The first-order valence-electron chi connectivity index (χ1n) is 9.02. The molecule has 2 saturated heterocycles.